The van der Waals surface area contributed by atoms with Crippen molar-refractivity contribution in [3.05, 3.63) is 0 Å². The lowest BCUT2D eigenvalue weighted by Crippen LogP contribution is -2.58. The van der Waals surface area contributed by atoms with Crippen molar-refractivity contribution in [2.45, 2.75) is 88.9 Å². The minimum absolute atomic E-state index is 0.365. The van der Waals surface area contributed by atoms with E-state index in [1.165, 1.54) is 6.21 Å². The molecule has 0 spiro atoms. The molecule has 4 heterocycles. The molecule has 0 saturated carbocycles. The largest absolute Gasteiger partial charge is 0.385 e. The van der Waals surface area contributed by atoms with Gasteiger partial charge in [-0.3, -0.25) is 5.01 Å². The summed E-state index contributed by atoms with van der Waals surface area (Å²) in [5, 5.41) is 17.0. The molecule has 0 aromatic carbocycles. The third-order valence-electron chi connectivity index (χ3n) is 4.99. The Labute approximate surface area is 148 Å². The zero-order valence-electron chi connectivity index (χ0n) is 15.3. The number of nitrogens with zero attached hydrogens (tertiary/aromatic N) is 2. The Morgan fingerprint density at radius 3 is 2.28 bits per heavy atom. The second-order valence-electron chi connectivity index (χ2n) is 8.05. The predicted octanol–water partition coefficient (Wildman–Crippen LogP) is 0.825. The van der Waals surface area contributed by atoms with Crippen LogP contribution in [0, 0.1) is 0 Å². The first-order valence-electron chi connectivity index (χ1n) is 9.08. The van der Waals surface area contributed by atoms with Crippen molar-refractivity contribution in [2.75, 3.05) is 13.1 Å². The quantitative estimate of drug-likeness (QED) is 0.750. The molecule has 4 rings (SSSR count). The van der Waals surface area contributed by atoms with Crippen molar-refractivity contribution in [3.8, 4) is 0 Å². The number of fused-ring (bicyclic) bond motifs is 3. The Balaban J connectivity index is 1.53. The number of hydrazone groups is 1. The molecule has 0 radical (unpaired) electrons. The third kappa shape index (κ3) is 3.43. The molecule has 0 unspecified atom stereocenters. The summed E-state index contributed by atoms with van der Waals surface area (Å²) in [6.07, 6.45) is 0.443. The second kappa shape index (κ2) is 6.14. The minimum atomic E-state index is -0.918. The van der Waals surface area contributed by atoms with E-state index in [2.05, 4.69) is 5.10 Å². The van der Waals surface area contributed by atoms with Gasteiger partial charge in [-0.2, -0.15) is 5.10 Å². The molecule has 8 nitrogen and oxygen atoms in total. The van der Waals surface area contributed by atoms with Crippen molar-refractivity contribution in [3.63, 3.8) is 0 Å². The monoisotopic (exact) mass is 356 g/mol. The molecule has 0 amide bonds. The van der Waals surface area contributed by atoms with Crippen molar-refractivity contribution < 1.29 is 28.8 Å². The van der Waals surface area contributed by atoms with Gasteiger partial charge in [0.2, 0.25) is 0 Å². The van der Waals surface area contributed by atoms with Crippen LogP contribution < -0.4 is 0 Å². The molecule has 6 atom stereocenters. The van der Waals surface area contributed by atoms with E-state index in [0.717, 1.165) is 25.9 Å². The topological polar surface area (TPSA) is 82.0 Å². The van der Waals surface area contributed by atoms with Gasteiger partial charge in [-0.05, 0) is 40.5 Å². The Hall–Kier alpha value is -0.770. The highest BCUT2D eigenvalue weighted by atomic mass is 16.9. The van der Waals surface area contributed by atoms with Gasteiger partial charge in [0.25, 0.3) is 0 Å². The fraction of sp³-hybridized carbons (Fsp3) is 0.941. The number of aliphatic hydroxyl groups excluding tert-OH is 1. The lowest BCUT2D eigenvalue weighted by Gasteiger charge is -2.38. The van der Waals surface area contributed by atoms with Crippen LogP contribution in [0.25, 0.3) is 0 Å². The Morgan fingerprint density at radius 1 is 0.960 bits per heavy atom. The van der Waals surface area contributed by atoms with Crippen LogP contribution >= 0.6 is 0 Å². The zero-order valence-corrected chi connectivity index (χ0v) is 15.3. The molecule has 4 fully saturated rings. The van der Waals surface area contributed by atoms with Gasteiger partial charge in [-0.1, -0.05) is 0 Å². The minimum Gasteiger partial charge on any atom is -0.385 e. The summed E-state index contributed by atoms with van der Waals surface area (Å²) < 4.78 is 29.9. The van der Waals surface area contributed by atoms with Crippen LogP contribution in [-0.2, 0) is 23.7 Å². The van der Waals surface area contributed by atoms with E-state index in [9.17, 15) is 5.11 Å². The molecule has 4 aliphatic rings. The molecule has 4 saturated heterocycles. The van der Waals surface area contributed by atoms with Crippen molar-refractivity contribution in [2.24, 2.45) is 5.10 Å². The number of ether oxygens (including phenoxy) is 5. The van der Waals surface area contributed by atoms with Gasteiger partial charge >= 0.3 is 0 Å². The average Bonchev–Trinajstić information content (AvgIpc) is 3.19. The first kappa shape index (κ1) is 17.6. The predicted molar refractivity (Wildman–Crippen MR) is 87.8 cm³/mol. The first-order chi connectivity index (χ1) is 11.7. The fourth-order valence-corrected chi connectivity index (χ4v) is 3.98. The Kier molecular flexibility index (Phi) is 4.33. The molecule has 0 bridgehead atoms. The van der Waals surface area contributed by atoms with Gasteiger partial charge in [0, 0.05) is 13.1 Å². The van der Waals surface area contributed by atoms with Crippen LogP contribution in [0.1, 0.15) is 40.5 Å². The van der Waals surface area contributed by atoms with Crippen LogP contribution in [0.5, 0.6) is 0 Å². The number of hydrogen-bond acceptors (Lipinski definition) is 8. The molecule has 142 valence electrons. The summed E-state index contributed by atoms with van der Waals surface area (Å²) in [4.78, 5) is 0. The molecular weight excluding hydrogens is 328 g/mol. The molecule has 0 aromatic rings. The van der Waals surface area contributed by atoms with Crippen molar-refractivity contribution >= 4 is 6.21 Å². The maximum absolute atomic E-state index is 10.7. The second-order valence-corrected chi connectivity index (χ2v) is 8.05. The van der Waals surface area contributed by atoms with E-state index in [1.54, 1.807) is 0 Å². The van der Waals surface area contributed by atoms with Crippen LogP contribution in [-0.4, -0.2) is 77.8 Å². The van der Waals surface area contributed by atoms with Gasteiger partial charge in [0.05, 0.1) is 6.21 Å². The highest BCUT2D eigenvalue weighted by Crippen LogP contribution is 2.44. The number of hydrogen-bond donors (Lipinski definition) is 1. The van der Waals surface area contributed by atoms with Gasteiger partial charge in [-0.15, -0.1) is 0 Å². The molecule has 8 heteroatoms. The molecule has 0 aliphatic carbocycles. The van der Waals surface area contributed by atoms with Crippen LogP contribution in [0.2, 0.25) is 0 Å². The summed E-state index contributed by atoms with van der Waals surface area (Å²) in [6.45, 7) is 9.22. The Bertz CT molecular complexity index is 533. The maximum Gasteiger partial charge on any atom is 0.190 e. The van der Waals surface area contributed by atoms with E-state index in [-0.39, 0.29) is 12.2 Å². The van der Waals surface area contributed by atoms with Crippen molar-refractivity contribution in [1.29, 1.82) is 0 Å². The maximum atomic E-state index is 10.7. The van der Waals surface area contributed by atoms with Crippen LogP contribution in [0.3, 0.4) is 0 Å². The van der Waals surface area contributed by atoms with Crippen molar-refractivity contribution in [1.82, 2.24) is 5.01 Å². The van der Waals surface area contributed by atoms with E-state index >= 15 is 0 Å². The SMILES string of the molecule is CC1(C)O[C@@H]2[C@H](O1)[C@H]1OC(C)(C)O[C@H]1O[C@@H]2[C@H](O)/C=N/N1CCCC1. The average molecular weight is 356 g/mol. The summed E-state index contributed by atoms with van der Waals surface area (Å²) >= 11 is 0. The summed E-state index contributed by atoms with van der Waals surface area (Å²) in [7, 11) is 0. The van der Waals surface area contributed by atoms with Gasteiger partial charge in [0.15, 0.2) is 17.9 Å². The summed E-state index contributed by atoms with van der Waals surface area (Å²) in [5.74, 6) is -1.53. The molecule has 25 heavy (non-hydrogen) atoms. The van der Waals surface area contributed by atoms with E-state index < -0.39 is 36.2 Å². The molecule has 4 aliphatic heterocycles. The molecule has 0 aromatic heterocycles. The summed E-state index contributed by atoms with van der Waals surface area (Å²) in [5.41, 5.74) is 0. The third-order valence-corrected chi connectivity index (χ3v) is 4.99. The van der Waals surface area contributed by atoms with E-state index in [0.29, 0.717) is 0 Å². The number of aliphatic hydroxyl groups is 1. The zero-order chi connectivity index (χ0) is 17.8. The normalized spacial score (nSPS) is 43.4. The lowest BCUT2D eigenvalue weighted by molar-refractivity contribution is -0.245. The first-order valence-corrected chi connectivity index (χ1v) is 9.08. The summed E-state index contributed by atoms with van der Waals surface area (Å²) in [6, 6.07) is 0. The standard InChI is InChI=1S/C17H28N2O6/c1-16(2)22-12-11(10(20)9-18-19-7-5-6-8-19)21-15-14(13(12)23-16)24-17(3,4)25-15/h9-15,20H,5-8H2,1-4H3/b18-9+/t10-,11-,12+,13+,14-,15-/m1/s1. The highest BCUT2D eigenvalue weighted by molar-refractivity contribution is 5.63. The van der Waals surface area contributed by atoms with Crippen LogP contribution in [0.15, 0.2) is 5.10 Å². The fourth-order valence-electron chi connectivity index (χ4n) is 3.98. The van der Waals surface area contributed by atoms with Gasteiger partial charge < -0.3 is 28.8 Å². The smallest absolute Gasteiger partial charge is 0.190 e. The Morgan fingerprint density at radius 2 is 1.56 bits per heavy atom. The lowest BCUT2D eigenvalue weighted by atomic mass is 9.96. The molecular formula is C17H28N2O6. The van der Waals surface area contributed by atoms with E-state index in [1.807, 2.05) is 32.7 Å². The highest BCUT2D eigenvalue weighted by Gasteiger charge is 2.61. The molecule has 1 N–H and O–H groups in total. The van der Waals surface area contributed by atoms with Crippen LogP contribution in [0.4, 0.5) is 0 Å². The van der Waals surface area contributed by atoms with E-state index in [4.69, 9.17) is 23.7 Å². The van der Waals surface area contributed by atoms with Gasteiger partial charge in [-0.25, -0.2) is 0 Å². The van der Waals surface area contributed by atoms with Gasteiger partial charge in [0.1, 0.15) is 30.5 Å². The number of rotatable bonds is 3.